The van der Waals surface area contributed by atoms with E-state index in [4.69, 9.17) is 0 Å². The van der Waals surface area contributed by atoms with E-state index in [1.54, 1.807) is 0 Å². The summed E-state index contributed by atoms with van der Waals surface area (Å²) in [6.45, 7) is 0.722. The average molecular weight is 187 g/mol. The van der Waals surface area contributed by atoms with E-state index in [0.29, 0.717) is 6.42 Å². The largest absolute Gasteiger partial charge is 0.310 e. The first-order valence-electron chi connectivity index (χ1n) is 4.07. The fourth-order valence-electron chi connectivity index (χ4n) is 1.40. The number of nitrogens with one attached hydrogen (secondary N) is 1. The van der Waals surface area contributed by atoms with Gasteiger partial charge in [0.1, 0.15) is 5.82 Å². The molecule has 1 aromatic rings. The molecular weight excluding hydrogens is 179 g/mol. The van der Waals surface area contributed by atoms with Crippen LogP contribution in [0.4, 0.5) is 13.2 Å². The van der Waals surface area contributed by atoms with Crippen LogP contribution in [0.2, 0.25) is 0 Å². The van der Waals surface area contributed by atoms with Gasteiger partial charge in [-0.05, 0) is 25.1 Å². The van der Waals surface area contributed by atoms with Gasteiger partial charge in [-0.15, -0.1) is 0 Å². The van der Waals surface area contributed by atoms with Gasteiger partial charge in [-0.2, -0.15) is 0 Å². The Labute approximate surface area is 73.6 Å². The van der Waals surface area contributed by atoms with Crippen LogP contribution in [0.1, 0.15) is 18.0 Å². The van der Waals surface area contributed by atoms with Crippen LogP contribution < -0.4 is 5.32 Å². The third-order valence-corrected chi connectivity index (χ3v) is 2.25. The predicted octanol–water partition coefficient (Wildman–Crippen LogP) is 2.14. The first-order valence-corrected chi connectivity index (χ1v) is 4.07. The molecule has 0 aromatic heterocycles. The zero-order valence-corrected chi connectivity index (χ0v) is 6.78. The third kappa shape index (κ3) is 1.31. The smallest absolute Gasteiger partial charge is 0.166 e. The van der Waals surface area contributed by atoms with Crippen LogP contribution in [0.15, 0.2) is 12.1 Å². The number of hydrogen-bond donors (Lipinski definition) is 1. The molecule has 0 radical (unpaired) electrons. The van der Waals surface area contributed by atoms with Gasteiger partial charge >= 0.3 is 0 Å². The minimum absolute atomic E-state index is 0.175. The number of benzene rings is 1. The number of halogens is 3. The molecule has 1 aliphatic rings. The highest BCUT2D eigenvalue weighted by atomic mass is 19.2. The van der Waals surface area contributed by atoms with Crippen LogP contribution in [0.5, 0.6) is 0 Å². The fraction of sp³-hybridized carbons (Fsp3) is 0.333. The molecule has 0 unspecified atom stereocenters. The first-order chi connectivity index (χ1) is 6.20. The van der Waals surface area contributed by atoms with E-state index in [9.17, 15) is 13.2 Å². The van der Waals surface area contributed by atoms with Crippen LogP contribution >= 0.6 is 0 Å². The molecule has 0 amide bonds. The van der Waals surface area contributed by atoms with Crippen LogP contribution in [-0.2, 0) is 0 Å². The van der Waals surface area contributed by atoms with Crippen molar-refractivity contribution in [1.29, 1.82) is 0 Å². The van der Waals surface area contributed by atoms with E-state index in [1.807, 2.05) is 0 Å². The van der Waals surface area contributed by atoms with E-state index in [1.165, 1.54) is 0 Å². The number of hydrogen-bond acceptors (Lipinski definition) is 1. The molecule has 0 saturated carbocycles. The Morgan fingerprint density at radius 3 is 2.31 bits per heavy atom. The SMILES string of the molecule is Fc1ccc(F)c([C@@H]2CCN2)c1F. The predicted molar refractivity (Wildman–Crippen MR) is 41.7 cm³/mol. The molecule has 70 valence electrons. The highest BCUT2D eigenvalue weighted by Gasteiger charge is 2.26. The normalized spacial score (nSPS) is 21.3. The van der Waals surface area contributed by atoms with Crippen LogP contribution in [0.25, 0.3) is 0 Å². The summed E-state index contributed by atoms with van der Waals surface area (Å²) in [5.74, 6) is -2.75. The Morgan fingerprint density at radius 1 is 1.15 bits per heavy atom. The molecule has 0 aliphatic carbocycles. The molecule has 1 N–H and O–H groups in total. The zero-order chi connectivity index (χ0) is 9.42. The van der Waals surface area contributed by atoms with Crippen molar-refractivity contribution < 1.29 is 13.2 Å². The Hall–Kier alpha value is -1.03. The van der Waals surface area contributed by atoms with E-state index in [0.717, 1.165) is 18.7 Å². The van der Waals surface area contributed by atoms with Crippen molar-refractivity contribution in [1.82, 2.24) is 5.32 Å². The summed E-state index contributed by atoms with van der Waals surface area (Å²) in [4.78, 5) is 0. The van der Waals surface area contributed by atoms with E-state index in [2.05, 4.69) is 5.32 Å². The van der Waals surface area contributed by atoms with Crippen molar-refractivity contribution >= 4 is 0 Å². The standard InChI is InChI=1S/C9H8F3N/c10-5-1-2-6(11)9(12)8(5)7-3-4-13-7/h1-2,7,13H,3-4H2/t7-/m0/s1. The summed E-state index contributed by atoms with van der Waals surface area (Å²) < 4.78 is 38.8. The van der Waals surface area contributed by atoms with Gasteiger partial charge in [0.2, 0.25) is 0 Å². The second kappa shape index (κ2) is 3.03. The Morgan fingerprint density at radius 2 is 1.77 bits per heavy atom. The molecule has 2 rings (SSSR count). The zero-order valence-electron chi connectivity index (χ0n) is 6.78. The Kier molecular flexibility index (Phi) is 2.00. The van der Waals surface area contributed by atoms with Gasteiger partial charge in [0, 0.05) is 11.6 Å². The maximum atomic E-state index is 13.1. The number of rotatable bonds is 1. The average Bonchev–Trinajstić information content (AvgIpc) is 2.02. The van der Waals surface area contributed by atoms with Crippen molar-refractivity contribution in [3.63, 3.8) is 0 Å². The fourth-order valence-corrected chi connectivity index (χ4v) is 1.40. The molecule has 1 atom stereocenters. The molecule has 1 fully saturated rings. The minimum Gasteiger partial charge on any atom is -0.310 e. The molecule has 1 aromatic carbocycles. The quantitative estimate of drug-likeness (QED) is 0.664. The first kappa shape index (κ1) is 8.56. The van der Waals surface area contributed by atoms with Crippen molar-refractivity contribution in [2.24, 2.45) is 0 Å². The molecule has 13 heavy (non-hydrogen) atoms. The van der Waals surface area contributed by atoms with E-state index >= 15 is 0 Å². The maximum absolute atomic E-state index is 13.1. The lowest BCUT2D eigenvalue weighted by Gasteiger charge is -2.28. The summed E-state index contributed by atoms with van der Waals surface area (Å²) in [7, 11) is 0. The highest BCUT2D eigenvalue weighted by molar-refractivity contribution is 5.25. The van der Waals surface area contributed by atoms with Gasteiger partial charge < -0.3 is 5.32 Å². The molecule has 1 heterocycles. The third-order valence-electron chi connectivity index (χ3n) is 2.25. The maximum Gasteiger partial charge on any atom is 0.166 e. The lowest BCUT2D eigenvalue weighted by molar-refractivity contribution is 0.348. The van der Waals surface area contributed by atoms with Crippen LogP contribution in [0, 0.1) is 17.5 Å². The molecule has 0 bridgehead atoms. The Bertz CT molecular complexity index is 334. The van der Waals surface area contributed by atoms with Crippen molar-refractivity contribution in [3.8, 4) is 0 Å². The summed E-state index contributed by atoms with van der Waals surface area (Å²) in [6.07, 6.45) is 0.650. The van der Waals surface area contributed by atoms with Gasteiger partial charge in [-0.1, -0.05) is 0 Å². The molecular formula is C9H8F3N. The van der Waals surface area contributed by atoms with Crippen molar-refractivity contribution in [2.45, 2.75) is 12.5 Å². The minimum atomic E-state index is -1.07. The molecule has 4 heteroatoms. The molecule has 1 aliphatic heterocycles. The van der Waals surface area contributed by atoms with Crippen LogP contribution in [0.3, 0.4) is 0 Å². The van der Waals surface area contributed by atoms with Gasteiger partial charge in [-0.3, -0.25) is 0 Å². The molecule has 0 spiro atoms. The summed E-state index contributed by atoms with van der Waals surface area (Å²) in [6, 6.07) is 1.39. The topological polar surface area (TPSA) is 12.0 Å². The van der Waals surface area contributed by atoms with Gasteiger partial charge in [0.25, 0.3) is 0 Å². The van der Waals surface area contributed by atoms with Gasteiger partial charge in [0.05, 0.1) is 0 Å². The summed E-state index contributed by atoms with van der Waals surface area (Å²) in [5.41, 5.74) is -0.175. The van der Waals surface area contributed by atoms with E-state index < -0.39 is 17.5 Å². The second-order valence-electron chi connectivity index (χ2n) is 3.05. The molecule has 1 saturated heterocycles. The second-order valence-corrected chi connectivity index (χ2v) is 3.05. The van der Waals surface area contributed by atoms with Crippen molar-refractivity contribution in [2.75, 3.05) is 6.54 Å². The molecule has 1 nitrogen and oxygen atoms in total. The summed E-state index contributed by atoms with van der Waals surface area (Å²) >= 11 is 0. The van der Waals surface area contributed by atoms with Gasteiger partial charge in [0.15, 0.2) is 11.6 Å². The monoisotopic (exact) mass is 187 g/mol. The lowest BCUT2D eigenvalue weighted by Crippen LogP contribution is -2.36. The Balaban J connectivity index is 2.46. The highest BCUT2D eigenvalue weighted by Crippen LogP contribution is 2.28. The van der Waals surface area contributed by atoms with Crippen LogP contribution in [-0.4, -0.2) is 6.54 Å². The lowest BCUT2D eigenvalue weighted by atomic mass is 9.97. The van der Waals surface area contributed by atoms with Crippen molar-refractivity contribution in [3.05, 3.63) is 35.1 Å². The van der Waals surface area contributed by atoms with E-state index in [-0.39, 0.29) is 11.6 Å². The van der Waals surface area contributed by atoms with Gasteiger partial charge in [-0.25, -0.2) is 13.2 Å². The summed E-state index contributed by atoms with van der Waals surface area (Å²) in [5, 5.41) is 2.82.